The molecule has 0 aromatic heterocycles. The second-order valence-electron chi connectivity index (χ2n) is 4.18. The third kappa shape index (κ3) is 2.28. The van der Waals surface area contributed by atoms with E-state index in [9.17, 15) is 9.18 Å². The number of aliphatic carboxylic acids is 1. The van der Waals surface area contributed by atoms with Gasteiger partial charge in [-0.3, -0.25) is 4.79 Å². The van der Waals surface area contributed by atoms with Crippen LogP contribution in [-0.4, -0.2) is 11.1 Å². The van der Waals surface area contributed by atoms with E-state index in [-0.39, 0.29) is 18.2 Å². The topological polar surface area (TPSA) is 37.3 Å². The zero-order valence-corrected chi connectivity index (χ0v) is 9.48. The molecule has 17 heavy (non-hydrogen) atoms. The Bertz CT molecular complexity index is 563. The molecule has 1 N–H and O–H groups in total. The van der Waals surface area contributed by atoms with Crippen molar-refractivity contribution in [1.82, 2.24) is 0 Å². The van der Waals surface area contributed by atoms with Crippen LogP contribution in [0.4, 0.5) is 4.39 Å². The Hall–Kier alpha value is -1.90. The molecular formula is C14H13FO2. The molecule has 0 fully saturated rings. The van der Waals surface area contributed by atoms with Crippen LogP contribution in [0.2, 0.25) is 0 Å². The molecule has 0 amide bonds. The number of fused-ring (bicyclic) bond motifs is 1. The number of hydrogen-bond acceptors (Lipinski definition) is 1. The maximum Gasteiger partial charge on any atom is 0.303 e. The molecule has 2 nitrogen and oxygen atoms in total. The van der Waals surface area contributed by atoms with Crippen LogP contribution in [0.25, 0.3) is 10.8 Å². The summed E-state index contributed by atoms with van der Waals surface area (Å²) in [5, 5.41) is 10.1. The van der Waals surface area contributed by atoms with E-state index in [2.05, 4.69) is 0 Å². The molecular weight excluding hydrogens is 219 g/mol. The molecule has 0 saturated heterocycles. The highest BCUT2D eigenvalue weighted by atomic mass is 19.1. The predicted molar refractivity (Wildman–Crippen MR) is 64.6 cm³/mol. The quantitative estimate of drug-likeness (QED) is 0.878. The van der Waals surface area contributed by atoms with Gasteiger partial charge in [-0.1, -0.05) is 37.3 Å². The first-order valence-electron chi connectivity index (χ1n) is 5.48. The fourth-order valence-electron chi connectivity index (χ4n) is 2.09. The lowest BCUT2D eigenvalue weighted by molar-refractivity contribution is -0.137. The first kappa shape index (κ1) is 11.6. The standard InChI is InChI=1S/C14H13FO2/c1-9(8-14(16)17)10-6-7-13(15)12-5-3-2-4-11(10)12/h2-7,9H,8H2,1H3,(H,16,17). The van der Waals surface area contributed by atoms with Gasteiger partial charge in [0.25, 0.3) is 0 Å². The van der Waals surface area contributed by atoms with Crippen LogP contribution in [0.15, 0.2) is 36.4 Å². The van der Waals surface area contributed by atoms with Crippen molar-refractivity contribution in [3.05, 3.63) is 47.8 Å². The normalized spacial score (nSPS) is 12.6. The van der Waals surface area contributed by atoms with Gasteiger partial charge in [0, 0.05) is 5.39 Å². The zero-order valence-electron chi connectivity index (χ0n) is 9.48. The Morgan fingerprint density at radius 2 is 1.88 bits per heavy atom. The van der Waals surface area contributed by atoms with Crippen LogP contribution in [0.5, 0.6) is 0 Å². The SMILES string of the molecule is CC(CC(=O)O)c1ccc(F)c2ccccc12. The van der Waals surface area contributed by atoms with Crippen molar-refractivity contribution < 1.29 is 14.3 Å². The van der Waals surface area contributed by atoms with Gasteiger partial charge in [0.1, 0.15) is 5.82 Å². The van der Waals surface area contributed by atoms with E-state index in [1.54, 1.807) is 18.2 Å². The minimum atomic E-state index is -0.842. The average Bonchev–Trinajstić information content (AvgIpc) is 2.29. The van der Waals surface area contributed by atoms with Gasteiger partial charge in [-0.2, -0.15) is 0 Å². The number of carbonyl (C=O) groups is 1. The van der Waals surface area contributed by atoms with Crippen molar-refractivity contribution in [2.75, 3.05) is 0 Å². The minimum absolute atomic E-state index is 0.0512. The van der Waals surface area contributed by atoms with Crippen LogP contribution in [0.1, 0.15) is 24.8 Å². The molecule has 0 aliphatic carbocycles. The molecule has 2 aromatic carbocycles. The third-order valence-electron chi connectivity index (χ3n) is 2.92. The smallest absolute Gasteiger partial charge is 0.303 e. The summed E-state index contributed by atoms with van der Waals surface area (Å²) < 4.78 is 13.6. The van der Waals surface area contributed by atoms with E-state index in [1.165, 1.54) is 6.07 Å². The first-order chi connectivity index (χ1) is 8.09. The van der Waals surface area contributed by atoms with Gasteiger partial charge in [0.15, 0.2) is 0 Å². The summed E-state index contributed by atoms with van der Waals surface area (Å²) in [6, 6.07) is 10.2. The average molecular weight is 232 g/mol. The van der Waals surface area contributed by atoms with Crippen molar-refractivity contribution in [3.63, 3.8) is 0 Å². The van der Waals surface area contributed by atoms with Crippen LogP contribution < -0.4 is 0 Å². The van der Waals surface area contributed by atoms with Crippen molar-refractivity contribution in [3.8, 4) is 0 Å². The zero-order chi connectivity index (χ0) is 12.4. The highest BCUT2D eigenvalue weighted by Crippen LogP contribution is 2.29. The fraction of sp³-hybridized carbons (Fsp3) is 0.214. The molecule has 0 bridgehead atoms. The lowest BCUT2D eigenvalue weighted by Crippen LogP contribution is -2.03. The van der Waals surface area contributed by atoms with E-state index in [0.717, 1.165) is 10.9 Å². The molecule has 2 aromatic rings. The minimum Gasteiger partial charge on any atom is -0.481 e. The molecule has 2 rings (SSSR count). The Kier molecular flexibility index (Phi) is 3.09. The van der Waals surface area contributed by atoms with E-state index in [4.69, 9.17) is 5.11 Å². The summed E-state index contributed by atoms with van der Waals surface area (Å²) in [6.45, 7) is 1.84. The number of halogens is 1. The van der Waals surface area contributed by atoms with E-state index in [1.807, 2.05) is 19.1 Å². The molecule has 1 atom stereocenters. The number of hydrogen-bond donors (Lipinski definition) is 1. The van der Waals surface area contributed by atoms with E-state index in [0.29, 0.717) is 5.39 Å². The monoisotopic (exact) mass is 232 g/mol. The summed E-state index contributed by atoms with van der Waals surface area (Å²) in [5.41, 5.74) is 0.879. The number of carboxylic acids is 1. The Morgan fingerprint density at radius 3 is 2.53 bits per heavy atom. The summed E-state index contributed by atoms with van der Waals surface area (Å²) in [4.78, 5) is 10.7. The van der Waals surface area contributed by atoms with Gasteiger partial charge >= 0.3 is 5.97 Å². The van der Waals surface area contributed by atoms with Crippen LogP contribution >= 0.6 is 0 Å². The largest absolute Gasteiger partial charge is 0.481 e. The number of carboxylic acid groups (broad SMARTS) is 1. The Balaban J connectivity index is 2.55. The second-order valence-corrected chi connectivity index (χ2v) is 4.18. The molecule has 0 aliphatic heterocycles. The molecule has 0 spiro atoms. The van der Waals surface area contributed by atoms with Gasteiger partial charge in [0.05, 0.1) is 6.42 Å². The molecule has 88 valence electrons. The second kappa shape index (κ2) is 4.53. The van der Waals surface area contributed by atoms with Gasteiger partial charge in [-0.05, 0) is 22.9 Å². The Labute approximate surface area is 98.7 Å². The van der Waals surface area contributed by atoms with Crippen molar-refractivity contribution in [2.45, 2.75) is 19.3 Å². The summed E-state index contributed by atoms with van der Waals surface area (Å²) in [5.74, 6) is -1.24. The highest BCUT2D eigenvalue weighted by Gasteiger charge is 2.14. The van der Waals surface area contributed by atoms with Crippen molar-refractivity contribution >= 4 is 16.7 Å². The fourth-order valence-corrected chi connectivity index (χ4v) is 2.09. The van der Waals surface area contributed by atoms with E-state index < -0.39 is 5.97 Å². The molecule has 1 unspecified atom stereocenters. The third-order valence-corrected chi connectivity index (χ3v) is 2.92. The summed E-state index contributed by atoms with van der Waals surface area (Å²) in [7, 11) is 0. The van der Waals surface area contributed by atoms with Gasteiger partial charge in [-0.15, -0.1) is 0 Å². The van der Waals surface area contributed by atoms with Crippen LogP contribution in [-0.2, 0) is 4.79 Å². The lowest BCUT2D eigenvalue weighted by atomic mass is 9.92. The molecule has 3 heteroatoms. The van der Waals surface area contributed by atoms with Crippen LogP contribution in [0, 0.1) is 5.82 Å². The van der Waals surface area contributed by atoms with E-state index >= 15 is 0 Å². The number of rotatable bonds is 3. The Morgan fingerprint density at radius 1 is 1.24 bits per heavy atom. The summed E-state index contributed by atoms with van der Waals surface area (Å²) in [6.07, 6.45) is 0.0512. The van der Waals surface area contributed by atoms with Gasteiger partial charge in [0.2, 0.25) is 0 Å². The van der Waals surface area contributed by atoms with Crippen molar-refractivity contribution in [1.29, 1.82) is 0 Å². The summed E-state index contributed by atoms with van der Waals surface area (Å²) >= 11 is 0. The molecule has 0 radical (unpaired) electrons. The number of benzene rings is 2. The maximum absolute atomic E-state index is 13.6. The molecule has 0 aliphatic rings. The lowest BCUT2D eigenvalue weighted by Gasteiger charge is -2.13. The first-order valence-corrected chi connectivity index (χ1v) is 5.48. The predicted octanol–water partition coefficient (Wildman–Crippen LogP) is 3.56. The maximum atomic E-state index is 13.6. The van der Waals surface area contributed by atoms with Gasteiger partial charge < -0.3 is 5.11 Å². The van der Waals surface area contributed by atoms with Crippen molar-refractivity contribution in [2.24, 2.45) is 0 Å². The molecule has 0 saturated carbocycles. The molecule has 0 heterocycles. The van der Waals surface area contributed by atoms with Gasteiger partial charge in [-0.25, -0.2) is 4.39 Å². The highest BCUT2D eigenvalue weighted by molar-refractivity contribution is 5.87. The van der Waals surface area contributed by atoms with Crippen LogP contribution in [0.3, 0.4) is 0 Å².